The molecule has 2 aromatic heterocycles. The summed E-state index contributed by atoms with van der Waals surface area (Å²) in [5.41, 5.74) is 0.917. The number of nitrogens with zero attached hydrogens (tertiary/aromatic N) is 3. The molecule has 1 saturated heterocycles. The highest BCUT2D eigenvalue weighted by Crippen LogP contribution is 2.52. The van der Waals surface area contributed by atoms with Crippen molar-refractivity contribution in [3.8, 4) is 5.82 Å². The molecule has 1 aliphatic heterocycles. The van der Waals surface area contributed by atoms with Crippen LogP contribution in [-0.4, -0.2) is 39.3 Å². The average molecular weight is 341 g/mol. The molecule has 2 aromatic rings. The van der Waals surface area contributed by atoms with Crippen molar-refractivity contribution in [3.05, 3.63) is 42.6 Å². The predicted molar refractivity (Wildman–Crippen MR) is 92.1 cm³/mol. The largest absolute Gasteiger partial charge is 0.377 e. The average Bonchev–Trinajstić information content (AvgIpc) is 3.28. The number of carbonyl (C=O) groups excluding carboxylic acids is 1. The van der Waals surface area contributed by atoms with Crippen molar-refractivity contribution in [1.82, 2.24) is 25.2 Å². The van der Waals surface area contributed by atoms with Gasteiger partial charge in [0.05, 0.1) is 6.10 Å². The van der Waals surface area contributed by atoms with E-state index in [1.165, 1.54) is 0 Å². The molecule has 0 bridgehead atoms. The minimum atomic E-state index is -0.149. The summed E-state index contributed by atoms with van der Waals surface area (Å²) >= 11 is 0. The Balaban J connectivity index is 1.39. The van der Waals surface area contributed by atoms with Gasteiger partial charge in [-0.05, 0) is 12.5 Å². The molecule has 2 N–H and O–H groups in total. The maximum absolute atomic E-state index is 12.4. The molecule has 7 heteroatoms. The quantitative estimate of drug-likeness (QED) is 0.890. The van der Waals surface area contributed by atoms with Crippen LogP contribution < -0.4 is 10.6 Å². The third-order valence-electron chi connectivity index (χ3n) is 5.44. The van der Waals surface area contributed by atoms with Gasteiger partial charge in [-0.2, -0.15) is 0 Å². The van der Waals surface area contributed by atoms with E-state index in [4.69, 9.17) is 4.74 Å². The number of pyridine rings is 1. The van der Waals surface area contributed by atoms with Crippen LogP contribution in [0.5, 0.6) is 0 Å². The number of hydrogen-bond donors (Lipinski definition) is 2. The normalized spacial score (nSPS) is 26.6. The van der Waals surface area contributed by atoms with Gasteiger partial charge in [0.15, 0.2) is 0 Å². The Morgan fingerprint density at radius 3 is 3.12 bits per heavy atom. The van der Waals surface area contributed by atoms with Crippen molar-refractivity contribution in [2.24, 2.45) is 11.3 Å². The second-order valence-electron chi connectivity index (χ2n) is 7.33. The van der Waals surface area contributed by atoms with Crippen molar-refractivity contribution >= 4 is 6.03 Å². The van der Waals surface area contributed by atoms with Crippen molar-refractivity contribution in [2.45, 2.75) is 39.0 Å². The third-order valence-corrected chi connectivity index (χ3v) is 5.44. The Morgan fingerprint density at radius 1 is 1.44 bits per heavy atom. The van der Waals surface area contributed by atoms with E-state index in [-0.39, 0.29) is 23.6 Å². The number of carbonyl (C=O) groups is 1. The maximum atomic E-state index is 12.4. The molecule has 1 aliphatic carbocycles. The lowest BCUT2D eigenvalue weighted by molar-refractivity contribution is -0.108. The minimum absolute atomic E-state index is 0.0191. The van der Waals surface area contributed by atoms with Crippen LogP contribution in [0.1, 0.15) is 25.8 Å². The molecular weight excluding hydrogens is 318 g/mol. The van der Waals surface area contributed by atoms with E-state index in [9.17, 15) is 4.79 Å². The summed E-state index contributed by atoms with van der Waals surface area (Å²) in [5, 5.41) is 6.09. The van der Waals surface area contributed by atoms with Crippen molar-refractivity contribution < 1.29 is 9.53 Å². The molecule has 0 unspecified atom stereocenters. The highest BCUT2D eigenvalue weighted by atomic mass is 16.5. The fourth-order valence-electron chi connectivity index (χ4n) is 4.17. The number of fused-ring (bicyclic) bond motifs is 1. The SMILES string of the molecule is CC1(C)[C@H](NC(=O)NCc2cccnc2-n2ccnc2)[C@@H]2CCO[C@H]21. The zero-order valence-corrected chi connectivity index (χ0v) is 14.5. The first-order chi connectivity index (χ1) is 12.1. The zero-order chi connectivity index (χ0) is 17.4. The Kier molecular flexibility index (Phi) is 3.95. The summed E-state index contributed by atoms with van der Waals surface area (Å²) in [6, 6.07) is 3.83. The lowest BCUT2D eigenvalue weighted by Crippen LogP contribution is -2.67. The van der Waals surface area contributed by atoms with E-state index in [0.717, 1.165) is 24.4 Å². The molecule has 2 fully saturated rings. The van der Waals surface area contributed by atoms with Crippen LogP contribution in [0.4, 0.5) is 4.79 Å². The van der Waals surface area contributed by atoms with Gasteiger partial charge in [-0.1, -0.05) is 19.9 Å². The van der Waals surface area contributed by atoms with E-state index >= 15 is 0 Å². The Bertz CT molecular complexity index is 759. The van der Waals surface area contributed by atoms with Crippen molar-refractivity contribution in [2.75, 3.05) is 6.61 Å². The van der Waals surface area contributed by atoms with Crippen LogP contribution in [0.15, 0.2) is 37.1 Å². The highest BCUT2D eigenvalue weighted by Gasteiger charge is 2.59. The lowest BCUT2D eigenvalue weighted by Gasteiger charge is -2.54. The van der Waals surface area contributed by atoms with Crippen LogP contribution in [0, 0.1) is 11.3 Å². The number of nitrogens with one attached hydrogen (secondary N) is 2. The summed E-state index contributed by atoms with van der Waals surface area (Å²) in [5.74, 6) is 1.20. The summed E-state index contributed by atoms with van der Waals surface area (Å²) < 4.78 is 7.61. The van der Waals surface area contributed by atoms with Crippen molar-refractivity contribution in [1.29, 1.82) is 0 Å². The number of hydrogen-bond acceptors (Lipinski definition) is 4. The molecule has 25 heavy (non-hydrogen) atoms. The fourth-order valence-corrected chi connectivity index (χ4v) is 4.17. The van der Waals surface area contributed by atoms with Gasteiger partial charge in [0.25, 0.3) is 0 Å². The molecule has 1 saturated carbocycles. The molecule has 0 radical (unpaired) electrons. The molecular formula is C18H23N5O2. The van der Waals surface area contributed by atoms with Gasteiger partial charge in [0.2, 0.25) is 0 Å². The number of urea groups is 1. The predicted octanol–water partition coefficient (Wildman–Crippen LogP) is 1.88. The van der Waals surface area contributed by atoms with Gasteiger partial charge in [-0.25, -0.2) is 14.8 Å². The minimum Gasteiger partial charge on any atom is -0.377 e. The summed E-state index contributed by atoms with van der Waals surface area (Å²) in [4.78, 5) is 20.8. The lowest BCUT2D eigenvalue weighted by atomic mass is 9.57. The summed E-state index contributed by atoms with van der Waals surface area (Å²) in [6.07, 6.45) is 8.26. The van der Waals surface area contributed by atoms with E-state index < -0.39 is 0 Å². The van der Waals surface area contributed by atoms with Crippen LogP contribution in [0.3, 0.4) is 0 Å². The van der Waals surface area contributed by atoms with Crippen LogP contribution >= 0.6 is 0 Å². The second-order valence-corrected chi connectivity index (χ2v) is 7.33. The molecule has 0 aromatic carbocycles. The Hall–Kier alpha value is -2.41. The van der Waals surface area contributed by atoms with Crippen LogP contribution in [0.25, 0.3) is 5.82 Å². The van der Waals surface area contributed by atoms with Gasteiger partial charge >= 0.3 is 6.03 Å². The van der Waals surface area contributed by atoms with E-state index in [1.54, 1.807) is 18.7 Å². The monoisotopic (exact) mass is 341 g/mol. The van der Waals surface area contributed by atoms with E-state index in [2.05, 4.69) is 34.4 Å². The zero-order valence-electron chi connectivity index (χ0n) is 14.5. The Morgan fingerprint density at radius 2 is 2.32 bits per heavy atom. The van der Waals surface area contributed by atoms with Gasteiger partial charge in [0.1, 0.15) is 12.1 Å². The number of rotatable bonds is 4. The first-order valence-electron chi connectivity index (χ1n) is 8.65. The van der Waals surface area contributed by atoms with Crippen LogP contribution in [-0.2, 0) is 11.3 Å². The summed E-state index contributed by atoms with van der Waals surface area (Å²) in [7, 11) is 0. The molecule has 132 valence electrons. The maximum Gasteiger partial charge on any atom is 0.315 e. The molecule has 0 spiro atoms. The van der Waals surface area contributed by atoms with Gasteiger partial charge in [0, 0.05) is 54.7 Å². The van der Waals surface area contributed by atoms with Gasteiger partial charge in [-0.3, -0.25) is 4.57 Å². The van der Waals surface area contributed by atoms with Crippen molar-refractivity contribution in [3.63, 3.8) is 0 Å². The molecule has 3 heterocycles. The van der Waals surface area contributed by atoms with E-state index in [1.807, 2.05) is 22.9 Å². The molecule has 3 atom stereocenters. The van der Waals surface area contributed by atoms with Gasteiger partial charge < -0.3 is 15.4 Å². The molecule has 4 rings (SSSR count). The molecule has 2 amide bonds. The number of amides is 2. The van der Waals surface area contributed by atoms with E-state index in [0.29, 0.717) is 12.5 Å². The standard InChI is InChI=1S/C18H23N5O2/c1-18(2)14(13-5-9-25-15(13)18)22-17(24)21-10-12-4-3-6-20-16(12)23-8-7-19-11-23/h3-4,6-8,11,13-15H,5,9-10H2,1-2H3,(H2,21,22,24)/t13-,14+,15+/m0/s1. The Labute approximate surface area is 146 Å². The third kappa shape index (κ3) is 2.78. The smallest absolute Gasteiger partial charge is 0.315 e. The van der Waals surface area contributed by atoms with Gasteiger partial charge in [-0.15, -0.1) is 0 Å². The first-order valence-corrected chi connectivity index (χ1v) is 8.65. The molecule has 2 aliphatic rings. The highest BCUT2D eigenvalue weighted by molar-refractivity contribution is 5.74. The fraction of sp³-hybridized carbons (Fsp3) is 0.500. The second kappa shape index (κ2) is 6.15. The molecule has 7 nitrogen and oxygen atoms in total. The van der Waals surface area contributed by atoms with Crippen LogP contribution in [0.2, 0.25) is 0 Å². The summed E-state index contributed by atoms with van der Waals surface area (Å²) in [6.45, 7) is 5.51. The first kappa shape index (κ1) is 16.1. The number of imidazole rings is 1. The topological polar surface area (TPSA) is 81.1 Å². The number of aromatic nitrogens is 3. The number of ether oxygens (including phenoxy) is 1.